The Balaban J connectivity index is 1.43. The third-order valence-electron chi connectivity index (χ3n) is 4.56. The van der Waals surface area contributed by atoms with Crippen LogP contribution in [0.3, 0.4) is 0 Å². The van der Waals surface area contributed by atoms with Crippen molar-refractivity contribution in [3.8, 4) is 0 Å². The van der Waals surface area contributed by atoms with Gasteiger partial charge in [-0.3, -0.25) is 4.79 Å². The first-order valence-corrected chi connectivity index (χ1v) is 12.8. The van der Waals surface area contributed by atoms with Crippen LogP contribution in [0.5, 0.6) is 0 Å². The predicted molar refractivity (Wildman–Crippen MR) is 122 cm³/mol. The van der Waals surface area contributed by atoms with Crippen LogP contribution in [0.2, 0.25) is 0 Å². The van der Waals surface area contributed by atoms with Gasteiger partial charge in [0, 0.05) is 30.2 Å². The van der Waals surface area contributed by atoms with E-state index < -0.39 is 0 Å². The number of nitrogens with one attached hydrogen (secondary N) is 1. The zero-order valence-electron chi connectivity index (χ0n) is 16.4. The van der Waals surface area contributed by atoms with Crippen LogP contribution in [0, 0.1) is 0 Å². The van der Waals surface area contributed by atoms with Gasteiger partial charge in [0.15, 0.2) is 8.68 Å². The summed E-state index contributed by atoms with van der Waals surface area (Å²) < 4.78 is 1.84. The second-order valence-corrected chi connectivity index (χ2v) is 10.4. The van der Waals surface area contributed by atoms with Crippen LogP contribution < -0.4 is 10.2 Å². The van der Waals surface area contributed by atoms with E-state index in [9.17, 15) is 4.79 Å². The smallest absolute Gasteiger partial charge is 0.234 e. The summed E-state index contributed by atoms with van der Waals surface area (Å²) in [7, 11) is 0. The molecule has 1 amide bonds. The summed E-state index contributed by atoms with van der Waals surface area (Å²) in [5.41, 5.74) is 2.09. The van der Waals surface area contributed by atoms with E-state index in [1.165, 1.54) is 56.0 Å². The second kappa shape index (κ2) is 11.7. The van der Waals surface area contributed by atoms with Crippen molar-refractivity contribution in [3.63, 3.8) is 0 Å². The molecule has 0 atom stereocenters. The van der Waals surface area contributed by atoms with Crippen molar-refractivity contribution in [2.24, 2.45) is 0 Å². The van der Waals surface area contributed by atoms with E-state index in [0.29, 0.717) is 5.75 Å². The Bertz CT molecular complexity index is 727. The van der Waals surface area contributed by atoms with Crippen LogP contribution in [0.4, 0.5) is 11.4 Å². The van der Waals surface area contributed by atoms with Crippen LogP contribution >= 0.6 is 34.9 Å². The van der Waals surface area contributed by atoms with Crippen LogP contribution in [-0.4, -0.2) is 40.7 Å². The Kier molecular flexibility index (Phi) is 8.95. The number of aromatic nitrogens is 2. The highest BCUT2D eigenvalue weighted by Crippen LogP contribution is 2.29. The maximum Gasteiger partial charge on any atom is 0.234 e. The minimum Gasteiger partial charge on any atom is -0.372 e. The van der Waals surface area contributed by atoms with Gasteiger partial charge in [0.1, 0.15) is 0 Å². The summed E-state index contributed by atoms with van der Waals surface area (Å²) in [5, 5.41) is 11.3. The standard InChI is InChI=1S/C20H28N4OS3/c1-2-3-14-26-19-22-23-20(28-19)27-15-18(25)21-16-8-10-17(11-9-16)24-12-6-4-5-7-13-24/h8-11H,2-7,12-15H2,1H3,(H,21,25). The Labute approximate surface area is 180 Å². The number of hydrogen-bond donors (Lipinski definition) is 1. The molecule has 3 rings (SSSR count). The maximum absolute atomic E-state index is 12.2. The van der Waals surface area contributed by atoms with Gasteiger partial charge in [0.05, 0.1) is 5.75 Å². The van der Waals surface area contributed by atoms with Gasteiger partial charge < -0.3 is 10.2 Å². The van der Waals surface area contributed by atoms with Crippen molar-refractivity contribution in [2.45, 2.75) is 54.1 Å². The van der Waals surface area contributed by atoms with E-state index in [4.69, 9.17) is 0 Å². The second-order valence-electron chi connectivity index (χ2n) is 6.82. The van der Waals surface area contributed by atoms with Crippen molar-refractivity contribution in [1.29, 1.82) is 0 Å². The van der Waals surface area contributed by atoms with E-state index in [1.54, 1.807) is 23.1 Å². The number of nitrogens with zero attached hydrogens (tertiary/aromatic N) is 3. The SMILES string of the molecule is CCCCSc1nnc(SCC(=O)Nc2ccc(N3CCCCCC3)cc2)s1. The average molecular weight is 437 g/mol. The molecular weight excluding hydrogens is 408 g/mol. The molecule has 1 N–H and O–H groups in total. The molecule has 0 spiro atoms. The first-order valence-electron chi connectivity index (χ1n) is 9.98. The number of benzene rings is 1. The van der Waals surface area contributed by atoms with Gasteiger partial charge >= 0.3 is 0 Å². The summed E-state index contributed by atoms with van der Waals surface area (Å²) in [6.07, 6.45) is 7.56. The summed E-state index contributed by atoms with van der Waals surface area (Å²) >= 11 is 4.76. The number of carbonyl (C=O) groups excluding carboxylic acids is 1. The van der Waals surface area contributed by atoms with Crippen molar-refractivity contribution in [3.05, 3.63) is 24.3 Å². The quantitative estimate of drug-likeness (QED) is 0.411. The van der Waals surface area contributed by atoms with Crippen LogP contribution in [0.15, 0.2) is 32.9 Å². The first-order chi connectivity index (χ1) is 13.7. The van der Waals surface area contributed by atoms with Gasteiger partial charge in [-0.05, 0) is 43.5 Å². The summed E-state index contributed by atoms with van der Waals surface area (Å²) in [5.74, 6) is 1.41. The first kappa shape index (κ1) is 21.5. The fourth-order valence-corrected chi connectivity index (χ4v) is 6.00. The topological polar surface area (TPSA) is 58.1 Å². The lowest BCUT2D eigenvalue weighted by Gasteiger charge is -2.22. The fraction of sp³-hybridized carbons (Fsp3) is 0.550. The molecule has 0 aliphatic carbocycles. The molecule has 1 fully saturated rings. The summed E-state index contributed by atoms with van der Waals surface area (Å²) in [4.78, 5) is 14.7. The van der Waals surface area contributed by atoms with Gasteiger partial charge in [-0.25, -0.2) is 0 Å². The van der Waals surface area contributed by atoms with E-state index >= 15 is 0 Å². The lowest BCUT2D eigenvalue weighted by Crippen LogP contribution is -2.23. The normalized spacial score (nSPS) is 14.7. The highest BCUT2D eigenvalue weighted by atomic mass is 32.2. The number of amides is 1. The lowest BCUT2D eigenvalue weighted by atomic mass is 10.2. The molecule has 1 aromatic carbocycles. The molecule has 0 unspecified atom stereocenters. The molecule has 2 aromatic rings. The molecule has 5 nitrogen and oxygen atoms in total. The van der Waals surface area contributed by atoms with E-state index in [1.807, 2.05) is 12.1 Å². The van der Waals surface area contributed by atoms with Crippen molar-refractivity contribution >= 4 is 52.1 Å². The Hall–Kier alpha value is -1.25. The van der Waals surface area contributed by atoms with Crippen molar-refractivity contribution in [1.82, 2.24) is 10.2 Å². The predicted octanol–water partition coefficient (Wildman–Crippen LogP) is 5.54. The minimum atomic E-state index is -0.0112. The van der Waals surface area contributed by atoms with Gasteiger partial charge in [-0.1, -0.05) is 61.0 Å². The average Bonchev–Trinajstić information content (AvgIpc) is 2.98. The third kappa shape index (κ3) is 6.97. The molecule has 1 aliphatic rings. The van der Waals surface area contributed by atoms with Crippen LogP contribution in [0.25, 0.3) is 0 Å². The van der Waals surface area contributed by atoms with Crippen molar-refractivity contribution in [2.75, 3.05) is 34.8 Å². The van der Waals surface area contributed by atoms with E-state index in [0.717, 1.165) is 33.2 Å². The minimum absolute atomic E-state index is 0.0112. The number of thioether (sulfide) groups is 2. The van der Waals surface area contributed by atoms with Gasteiger partial charge in [0.2, 0.25) is 5.91 Å². The highest BCUT2D eigenvalue weighted by molar-refractivity contribution is 8.03. The number of rotatable bonds is 9. The molecular formula is C20H28N4OS3. The van der Waals surface area contributed by atoms with E-state index in [-0.39, 0.29) is 5.91 Å². The molecule has 28 heavy (non-hydrogen) atoms. The third-order valence-corrected chi connectivity index (χ3v) is 7.84. The van der Waals surface area contributed by atoms with E-state index in [2.05, 4.69) is 39.5 Å². The van der Waals surface area contributed by atoms with Gasteiger partial charge in [0.25, 0.3) is 0 Å². The molecule has 2 heterocycles. The fourth-order valence-electron chi connectivity index (χ4n) is 3.03. The lowest BCUT2D eigenvalue weighted by molar-refractivity contribution is -0.113. The largest absolute Gasteiger partial charge is 0.372 e. The van der Waals surface area contributed by atoms with Gasteiger partial charge in [-0.2, -0.15) is 0 Å². The molecule has 0 radical (unpaired) electrons. The monoisotopic (exact) mass is 436 g/mol. The molecule has 1 aromatic heterocycles. The summed E-state index contributed by atoms with van der Waals surface area (Å²) in [6, 6.07) is 8.21. The molecule has 1 aliphatic heterocycles. The number of carbonyl (C=O) groups is 1. The number of hydrogen-bond acceptors (Lipinski definition) is 7. The maximum atomic E-state index is 12.2. The zero-order chi connectivity index (χ0) is 19.6. The number of unbranched alkanes of at least 4 members (excludes halogenated alkanes) is 1. The Morgan fingerprint density at radius 1 is 1.07 bits per heavy atom. The molecule has 0 saturated carbocycles. The molecule has 1 saturated heterocycles. The van der Waals surface area contributed by atoms with Crippen molar-refractivity contribution < 1.29 is 4.79 Å². The zero-order valence-corrected chi connectivity index (χ0v) is 18.8. The molecule has 8 heteroatoms. The highest BCUT2D eigenvalue weighted by Gasteiger charge is 2.11. The number of anilines is 2. The molecule has 152 valence electrons. The summed E-state index contributed by atoms with van der Waals surface area (Å²) in [6.45, 7) is 4.44. The van der Waals surface area contributed by atoms with Gasteiger partial charge in [-0.15, -0.1) is 10.2 Å². The van der Waals surface area contributed by atoms with Crippen LogP contribution in [0.1, 0.15) is 45.4 Å². The Morgan fingerprint density at radius 3 is 2.43 bits per heavy atom. The molecule has 0 bridgehead atoms. The van der Waals surface area contributed by atoms with Crippen LogP contribution in [-0.2, 0) is 4.79 Å². The Morgan fingerprint density at radius 2 is 1.75 bits per heavy atom.